The minimum absolute atomic E-state index is 0.0134. The Balaban J connectivity index is 2.06. The molecule has 6 nitrogen and oxygen atoms in total. The third kappa shape index (κ3) is 2.04. The van der Waals surface area contributed by atoms with Crippen molar-refractivity contribution in [3.63, 3.8) is 0 Å². The Hall–Kier alpha value is -2.97. The summed E-state index contributed by atoms with van der Waals surface area (Å²) in [6, 6.07) is 2.87. The molecule has 0 fully saturated rings. The standard InChI is InChI=1S/C14H8F3N5O/c1-7-4-18-12-8(11(7)14(15,16)17)2-3-10-20-9(5-22(10)12)13-21-19-6-23-13/h2-6H,1H3. The van der Waals surface area contributed by atoms with E-state index in [0.29, 0.717) is 11.3 Å². The summed E-state index contributed by atoms with van der Waals surface area (Å²) in [7, 11) is 0. The zero-order chi connectivity index (χ0) is 16.2. The molecule has 116 valence electrons. The molecular weight excluding hydrogens is 311 g/mol. The molecule has 4 aromatic heterocycles. The fourth-order valence-corrected chi connectivity index (χ4v) is 2.57. The molecule has 0 saturated heterocycles. The first kappa shape index (κ1) is 13.7. The Morgan fingerprint density at radius 3 is 2.74 bits per heavy atom. The smallest absolute Gasteiger partial charge is 0.417 e. The van der Waals surface area contributed by atoms with E-state index in [0.717, 1.165) is 6.39 Å². The summed E-state index contributed by atoms with van der Waals surface area (Å²) >= 11 is 0. The maximum atomic E-state index is 13.3. The van der Waals surface area contributed by atoms with Crippen LogP contribution in [0.1, 0.15) is 11.1 Å². The summed E-state index contributed by atoms with van der Waals surface area (Å²) in [6.45, 7) is 1.39. The topological polar surface area (TPSA) is 69.1 Å². The Kier molecular flexibility index (Phi) is 2.68. The lowest BCUT2D eigenvalue weighted by Gasteiger charge is -2.13. The molecule has 0 spiro atoms. The molecule has 0 aliphatic rings. The summed E-state index contributed by atoms with van der Waals surface area (Å²) < 4.78 is 46.5. The minimum atomic E-state index is -4.46. The van der Waals surface area contributed by atoms with Gasteiger partial charge in [-0.05, 0) is 24.6 Å². The number of pyridine rings is 2. The minimum Gasteiger partial charge on any atom is -0.422 e. The number of aromatic nitrogens is 5. The first-order valence-electron chi connectivity index (χ1n) is 6.56. The number of hydrogen-bond acceptors (Lipinski definition) is 5. The van der Waals surface area contributed by atoms with Gasteiger partial charge >= 0.3 is 6.18 Å². The fraction of sp³-hybridized carbons (Fsp3) is 0.143. The Labute approximate surface area is 126 Å². The Morgan fingerprint density at radius 1 is 1.22 bits per heavy atom. The van der Waals surface area contributed by atoms with Crippen molar-refractivity contribution >= 4 is 16.7 Å². The second-order valence-electron chi connectivity index (χ2n) is 4.98. The first-order valence-corrected chi connectivity index (χ1v) is 6.56. The Morgan fingerprint density at radius 2 is 2.04 bits per heavy atom. The number of rotatable bonds is 1. The molecule has 0 bridgehead atoms. The van der Waals surface area contributed by atoms with Crippen LogP contribution in [0.25, 0.3) is 28.3 Å². The second-order valence-corrected chi connectivity index (χ2v) is 4.98. The lowest BCUT2D eigenvalue weighted by Crippen LogP contribution is -2.10. The van der Waals surface area contributed by atoms with Crippen molar-refractivity contribution in [2.24, 2.45) is 0 Å². The van der Waals surface area contributed by atoms with Crippen molar-refractivity contribution in [1.29, 1.82) is 0 Å². The predicted octanol–water partition coefficient (Wildman–Crippen LogP) is 3.26. The molecule has 0 aliphatic carbocycles. The first-order chi connectivity index (χ1) is 10.9. The zero-order valence-corrected chi connectivity index (χ0v) is 11.7. The van der Waals surface area contributed by atoms with Gasteiger partial charge in [-0.25, -0.2) is 9.97 Å². The van der Waals surface area contributed by atoms with Crippen LogP contribution in [0.3, 0.4) is 0 Å². The van der Waals surface area contributed by atoms with Crippen LogP contribution in [0.2, 0.25) is 0 Å². The van der Waals surface area contributed by atoms with Crippen LogP contribution in [0.15, 0.2) is 35.3 Å². The van der Waals surface area contributed by atoms with E-state index in [-0.39, 0.29) is 22.5 Å². The van der Waals surface area contributed by atoms with Crippen molar-refractivity contribution in [3.8, 4) is 11.6 Å². The highest BCUT2D eigenvalue weighted by molar-refractivity contribution is 5.84. The molecule has 0 unspecified atom stereocenters. The van der Waals surface area contributed by atoms with Crippen molar-refractivity contribution in [1.82, 2.24) is 24.6 Å². The lowest BCUT2D eigenvalue weighted by molar-refractivity contribution is -0.136. The molecule has 4 rings (SSSR count). The molecule has 0 aliphatic heterocycles. The van der Waals surface area contributed by atoms with Crippen molar-refractivity contribution < 1.29 is 17.6 Å². The SMILES string of the molecule is Cc1cnc2c(ccc3nc(-c4nnco4)cn32)c1C(F)(F)F. The molecule has 0 saturated carbocycles. The number of fused-ring (bicyclic) bond motifs is 3. The van der Waals surface area contributed by atoms with Crippen LogP contribution in [-0.2, 0) is 6.18 Å². The number of nitrogens with zero attached hydrogens (tertiary/aromatic N) is 5. The third-order valence-corrected chi connectivity index (χ3v) is 3.51. The molecule has 4 aromatic rings. The van der Waals surface area contributed by atoms with Gasteiger partial charge in [0.15, 0.2) is 0 Å². The molecule has 0 radical (unpaired) electrons. The molecule has 0 atom stereocenters. The number of alkyl halides is 3. The largest absolute Gasteiger partial charge is 0.422 e. The average Bonchev–Trinajstić information content (AvgIpc) is 3.14. The number of aryl methyl sites for hydroxylation is 1. The van der Waals surface area contributed by atoms with Gasteiger partial charge in [-0.3, -0.25) is 4.40 Å². The van der Waals surface area contributed by atoms with Gasteiger partial charge in [0, 0.05) is 17.8 Å². The van der Waals surface area contributed by atoms with E-state index in [1.165, 1.54) is 35.9 Å². The van der Waals surface area contributed by atoms with E-state index in [1.807, 2.05) is 0 Å². The second kappa shape index (κ2) is 4.51. The van der Waals surface area contributed by atoms with Crippen LogP contribution in [0, 0.1) is 6.92 Å². The molecule has 4 heterocycles. The van der Waals surface area contributed by atoms with E-state index in [2.05, 4.69) is 20.2 Å². The Bertz CT molecular complexity index is 1020. The van der Waals surface area contributed by atoms with Gasteiger partial charge in [0.05, 0.1) is 5.56 Å². The van der Waals surface area contributed by atoms with Crippen LogP contribution in [-0.4, -0.2) is 24.6 Å². The molecule has 9 heteroatoms. The lowest BCUT2D eigenvalue weighted by atomic mass is 10.1. The predicted molar refractivity (Wildman–Crippen MR) is 73.5 cm³/mol. The number of imidazole rings is 1. The highest BCUT2D eigenvalue weighted by atomic mass is 19.4. The summed E-state index contributed by atoms with van der Waals surface area (Å²) in [5, 5.41) is 7.31. The van der Waals surface area contributed by atoms with Gasteiger partial charge in [-0.1, -0.05) is 0 Å². The number of halogens is 3. The van der Waals surface area contributed by atoms with Crippen LogP contribution < -0.4 is 0 Å². The monoisotopic (exact) mass is 319 g/mol. The van der Waals surface area contributed by atoms with Gasteiger partial charge in [0.25, 0.3) is 5.89 Å². The maximum absolute atomic E-state index is 13.3. The summed E-state index contributed by atoms with van der Waals surface area (Å²) in [4.78, 5) is 8.40. The highest BCUT2D eigenvalue weighted by Crippen LogP contribution is 2.36. The summed E-state index contributed by atoms with van der Waals surface area (Å²) in [6.07, 6.45) is -0.583. The van der Waals surface area contributed by atoms with Crippen molar-refractivity contribution in [3.05, 3.63) is 42.0 Å². The van der Waals surface area contributed by atoms with E-state index < -0.39 is 11.7 Å². The van der Waals surface area contributed by atoms with Gasteiger partial charge < -0.3 is 4.42 Å². The average molecular weight is 319 g/mol. The fourth-order valence-electron chi connectivity index (χ4n) is 2.57. The molecule has 23 heavy (non-hydrogen) atoms. The van der Waals surface area contributed by atoms with Crippen molar-refractivity contribution in [2.75, 3.05) is 0 Å². The summed E-state index contributed by atoms with van der Waals surface area (Å²) in [5.41, 5.74) is 0.346. The van der Waals surface area contributed by atoms with Gasteiger partial charge in [-0.2, -0.15) is 13.2 Å². The molecule has 0 amide bonds. The van der Waals surface area contributed by atoms with E-state index in [4.69, 9.17) is 4.42 Å². The highest BCUT2D eigenvalue weighted by Gasteiger charge is 2.35. The summed E-state index contributed by atoms with van der Waals surface area (Å²) in [5.74, 6) is 0.185. The van der Waals surface area contributed by atoms with Gasteiger partial charge in [0.2, 0.25) is 6.39 Å². The quantitative estimate of drug-likeness (QED) is 0.538. The zero-order valence-electron chi connectivity index (χ0n) is 11.7. The van der Waals surface area contributed by atoms with Crippen LogP contribution in [0.5, 0.6) is 0 Å². The van der Waals surface area contributed by atoms with Gasteiger partial charge in [0.1, 0.15) is 17.0 Å². The third-order valence-electron chi connectivity index (χ3n) is 3.51. The molecular formula is C14H8F3N5O. The molecule has 0 N–H and O–H groups in total. The number of hydrogen-bond donors (Lipinski definition) is 0. The normalized spacial score (nSPS) is 12.3. The van der Waals surface area contributed by atoms with E-state index in [1.54, 1.807) is 0 Å². The molecule has 0 aromatic carbocycles. The van der Waals surface area contributed by atoms with E-state index >= 15 is 0 Å². The van der Waals surface area contributed by atoms with E-state index in [9.17, 15) is 13.2 Å². The van der Waals surface area contributed by atoms with Crippen LogP contribution >= 0.6 is 0 Å². The van der Waals surface area contributed by atoms with Crippen LogP contribution in [0.4, 0.5) is 13.2 Å². The van der Waals surface area contributed by atoms with Crippen molar-refractivity contribution in [2.45, 2.75) is 13.1 Å². The maximum Gasteiger partial charge on any atom is 0.417 e. The van der Waals surface area contributed by atoms with Gasteiger partial charge in [-0.15, -0.1) is 10.2 Å².